The molecular weight excluding hydrogens is 140 g/mol. The molecule has 1 rings (SSSR count). The van der Waals surface area contributed by atoms with Gasteiger partial charge in [0.25, 0.3) is 0 Å². The Morgan fingerprint density at radius 3 is 2.36 bits per heavy atom. The summed E-state index contributed by atoms with van der Waals surface area (Å²) in [5.74, 6) is 0. The quantitative estimate of drug-likeness (QED) is 0.528. The van der Waals surface area contributed by atoms with Crippen molar-refractivity contribution >= 4 is 0 Å². The molecule has 0 saturated carbocycles. The van der Waals surface area contributed by atoms with Gasteiger partial charge in [0.15, 0.2) is 0 Å². The third kappa shape index (κ3) is 4.77. The first-order chi connectivity index (χ1) is 5.43. The number of nitriles is 1. The van der Waals surface area contributed by atoms with Crippen molar-refractivity contribution in [2.45, 2.75) is 13.8 Å². The van der Waals surface area contributed by atoms with Crippen LogP contribution in [0.5, 0.6) is 0 Å². The molecule has 0 radical (unpaired) electrons. The number of morpholine rings is 1. The second-order valence-corrected chi connectivity index (χ2v) is 2.05. The van der Waals surface area contributed by atoms with Crippen molar-refractivity contribution < 1.29 is 4.74 Å². The Balaban J connectivity index is 0.000000461. The minimum atomic E-state index is 0.545. The highest BCUT2D eigenvalue weighted by Gasteiger charge is 2.07. The van der Waals surface area contributed by atoms with Gasteiger partial charge in [-0.05, 0) is 0 Å². The maximum absolute atomic E-state index is 8.29. The van der Waals surface area contributed by atoms with Crippen molar-refractivity contribution in [3.05, 3.63) is 0 Å². The van der Waals surface area contributed by atoms with E-state index >= 15 is 0 Å². The zero-order chi connectivity index (χ0) is 8.53. The summed E-state index contributed by atoms with van der Waals surface area (Å²) >= 11 is 0. The third-order valence-electron chi connectivity index (χ3n) is 1.40. The minimum Gasteiger partial charge on any atom is -0.379 e. The number of rotatable bonds is 1. The summed E-state index contributed by atoms with van der Waals surface area (Å²) in [6, 6.07) is 2.11. The lowest BCUT2D eigenvalue weighted by Crippen LogP contribution is -2.36. The topological polar surface area (TPSA) is 36.3 Å². The molecule has 3 heteroatoms. The predicted molar refractivity (Wildman–Crippen MR) is 44.2 cm³/mol. The lowest BCUT2D eigenvalue weighted by atomic mass is 10.4. The van der Waals surface area contributed by atoms with E-state index in [9.17, 15) is 0 Å². The van der Waals surface area contributed by atoms with Gasteiger partial charge in [0.05, 0.1) is 25.8 Å². The molecule has 0 atom stereocenters. The highest BCUT2D eigenvalue weighted by atomic mass is 16.5. The summed E-state index contributed by atoms with van der Waals surface area (Å²) in [5, 5.41) is 8.29. The molecule has 1 fully saturated rings. The summed E-state index contributed by atoms with van der Waals surface area (Å²) in [4.78, 5) is 2.09. The van der Waals surface area contributed by atoms with Crippen LogP contribution in [0.4, 0.5) is 0 Å². The molecule has 1 heterocycles. The lowest BCUT2D eigenvalue weighted by Gasteiger charge is -2.23. The maximum Gasteiger partial charge on any atom is 0.0867 e. The highest BCUT2D eigenvalue weighted by molar-refractivity contribution is 4.77. The van der Waals surface area contributed by atoms with E-state index < -0.39 is 0 Å². The smallest absolute Gasteiger partial charge is 0.0867 e. The van der Waals surface area contributed by atoms with Gasteiger partial charge in [-0.2, -0.15) is 5.26 Å². The SMILES string of the molecule is CC.N#CCN1CCOCC1. The normalized spacial score (nSPS) is 17.9. The molecule has 1 aliphatic heterocycles. The minimum absolute atomic E-state index is 0.545. The fourth-order valence-corrected chi connectivity index (χ4v) is 0.859. The van der Waals surface area contributed by atoms with Gasteiger partial charge in [0.1, 0.15) is 0 Å². The molecule has 0 amide bonds. The van der Waals surface area contributed by atoms with Gasteiger partial charge < -0.3 is 4.74 Å². The van der Waals surface area contributed by atoms with Crippen LogP contribution in [0, 0.1) is 11.3 Å². The Labute approximate surface area is 68.6 Å². The molecule has 0 aromatic carbocycles. The van der Waals surface area contributed by atoms with Crippen LogP contribution in [0.3, 0.4) is 0 Å². The van der Waals surface area contributed by atoms with E-state index in [1.54, 1.807) is 0 Å². The highest BCUT2D eigenvalue weighted by Crippen LogP contribution is 1.93. The molecular formula is C8H16N2O. The van der Waals surface area contributed by atoms with Gasteiger partial charge in [-0.15, -0.1) is 0 Å². The van der Waals surface area contributed by atoms with Gasteiger partial charge in [-0.3, -0.25) is 4.90 Å². The fraction of sp³-hybridized carbons (Fsp3) is 0.875. The summed E-state index contributed by atoms with van der Waals surface area (Å²) in [6.07, 6.45) is 0. The molecule has 1 saturated heterocycles. The number of hydrogen-bond donors (Lipinski definition) is 0. The van der Waals surface area contributed by atoms with Crippen LogP contribution in [0.25, 0.3) is 0 Å². The third-order valence-corrected chi connectivity index (χ3v) is 1.40. The van der Waals surface area contributed by atoms with E-state index in [2.05, 4.69) is 11.0 Å². The summed E-state index contributed by atoms with van der Waals surface area (Å²) in [7, 11) is 0. The predicted octanol–water partition coefficient (Wildman–Crippen LogP) is 0.868. The maximum atomic E-state index is 8.29. The molecule has 3 nitrogen and oxygen atoms in total. The van der Waals surface area contributed by atoms with E-state index in [1.807, 2.05) is 13.8 Å². The van der Waals surface area contributed by atoms with Gasteiger partial charge >= 0.3 is 0 Å². The molecule has 64 valence electrons. The second-order valence-electron chi connectivity index (χ2n) is 2.05. The molecule has 0 bridgehead atoms. The molecule has 11 heavy (non-hydrogen) atoms. The summed E-state index contributed by atoms with van der Waals surface area (Å²) in [6.45, 7) is 7.92. The summed E-state index contributed by atoms with van der Waals surface area (Å²) < 4.78 is 5.09. The van der Waals surface area contributed by atoms with Crippen LogP contribution >= 0.6 is 0 Å². The van der Waals surface area contributed by atoms with Crippen LogP contribution in [-0.2, 0) is 4.74 Å². The first kappa shape index (κ1) is 10.4. The van der Waals surface area contributed by atoms with Gasteiger partial charge in [0.2, 0.25) is 0 Å². The summed E-state index contributed by atoms with van der Waals surface area (Å²) in [5.41, 5.74) is 0. The Morgan fingerprint density at radius 2 is 1.91 bits per heavy atom. The van der Waals surface area contributed by atoms with Crippen LogP contribution in [0.15, 0.2) is 0 Å². The lowest BCUT2D eigenvalue weighted by molar-refractivity contribution is 0.0441. The van der Waals surface area contributed by atoms with E-state index in [1.165, 1.54) is 0 Å². The average Bonchev–Trinajstić information content (AvgIpc) is 2.11. The van der Waals surface area contributed by atoms with Gasteiger partial charge in [-0.1, -0.05) is 13.8 Å². The second kappa shape index (κ2) is 7.52. The van der Waals surface area contributed by atoms with E-state index in [-0.39, 0.29) is 0 Å². The molecule has 0 unspecified atom stereocenters. The molecule has 0 aliphatic carbocycles. The molecule has 0 spiro atoms. The van der Waals surface area contributed by atoms with Crippen molar-refractivity contribution in [3.63, 3.8) is 0 Å². The standard InChI is InChI=1S/C6H10N2O.C2H6/c7-1-2-8-3-5-9-6-4-8;1-2/h2-6H2;1-2H3. The molecule has 1 aliphatic rings. The fourth-order valence-electron chi connectivity index (χ4n) is 0.859. The number of nitrogens with zero attached hydrogens (tertiary/aromatic N) is 2. The van der Waals surface area contributed by atoms with E-state index in [0.29, 0.717) is 6.54 Å². The van der Waals surface area contributed by atoms with Crippen molar-refractivity contribution in [2.75, 3.05) is 32.8 Å². The van der Waals surface area contributed by atoms with Crippen molar-refractivity contribution in [1.82, 2.24) is 4.90 Å². The average molecular weight is 156 g/mol. The zero-order valence-corrected chi connectivity index (χ0v) is 7.34. The van der Waals surface area contributed by atoms with Crippen LogP contribution in [0.2, 0.25) is 0 Å². The zero-order valence-electron chi connectivity index (χ0n) is 7.34. The Hall–Kier alpha value is -0.590. The van der Waals surface area contributed by atoms with Gasteiger partial charge in [0, 0.05) is 13.1 Å². The Morgan fingerprint density at radius 1 is 1.36 bits per heavy atom. The van der Waals surface area contributed by atoms with Crippen LogP contribution in [-0.4, -0.2) is 37.7 Å². The largest absolute Gasteiger partial charge is 0.379 e. The van der Waals surface area contributed by atoms with Crippen LogP contribution < -0.4 is 0 Å². The number of ether oxygens (including phenoxy) is 1. The Bertz CT molecular complexity index is 114. The molecule has 0 aromatic rings. The number of hydrogen-bond acceptors (Lipinski definition) is 3. The van der Waals surface area contributed by atoms with Crippen LogP contribution in [0.1, 0.15) is 13.8 Å². The monoisotopic (exact) mass is 156 g/mol. The van der Waals surface area contributed by atoms with E-state index in [4.69, 9.17) is 10.00 Å². The first-order valence-corrected chi connectivity index (χ1v) is 4.10. The Kier molecular flexibility index (Phi) is 7.11. The van der Waals surface area contributed by atoms with Crippen molar-refractivity contribution in [1.29, 1.82) is 5.26 Å². The molecule has 0 N–H and O–H groups in total. The van der Waals surface area contributed by atoms with E-state index in [0.717, 1.165) is 26.3 Å². The van der Waals surface area contributed by atoms with Crippen molar-refractivity contribution in [3.8, 4) is 6.07 Å². The first-order valence-electron chi connectivity index (χ1n) is 4.10. The van der Waals surface area contributed by atoms with Crippen molar-refractivity contribution in [2.24, 2.45) is 0 Å². The van der Waals surface area contributed by atoms with Gasteiger partial charge in [-0.25, -0.2) is 0 Å². The molecule has 0 aromatic heterocycles.